The quantitative estimate of drug-likeness (QED) is 0.745. The van der Waals surface area contributed by atoms with Crippen molar-refractivity contribution in [3.8, 4) is 0 Å². The van der Waals surface area contributed by atoms with Crippen molar-refractivity contribution in [3.63, 3.8) is 0 Å². The molecule has 1 fully saturated rings. The average molecular weight is 228 g/mol. The van der Waals surface area contributed by atoms with Gasteiger partial charge in [-0.2, -0.15) is 0 Å². The maximum atomic E-state index is 12.0. The van der Waals surface area contributed by atoms with Gasteiger partial charge in [0.25, 0.3) is 0 Å². The summed E-state index contributed by atoms with van der Waals surface area (Å²) in [6.07, 6.45) is 1.18. The van der Waals surface area contributed by atoms with Crippen LogP contribution in [0.3, 0.4) is 0 Å². The number of nitrogens with one attached hydrogen (secondary N) is 1. The fraction of sp³-hybridized carbons (Fsp3) is 0.818. The van der Waals surface area contributed by atoms with E-state index in [1.165, 1.54) is 0 Å². The molecule has 92 valence electrons. The molecule has 1 saturated heterocycles. The van der Waals surface area contributed by atoms with Crippen LogP contribution in [0.25, 0.3) is 0 Å². The molecule has 1 aliphatic rings. The van der Waals surface area contributed by atoms with E-state index in [0.29, 0.717) is 19.6 Å². The second-order valence-electron chi connectivity index (χ2n) is 4.20. The highest BCUT2D eigenvalue weighted by atomic mass is 16.5. The standard InChI is InChI=1S/C11H20N2O3/c1-8(5-7-16-3)13-6-4-10(14)12-9(2)11(13)15/h8-9H,4-7H2,1-3H3,(H,12,14). The molecule has 0 aromatic rings. The first-order valence-electron chi connectivity index (χ1n) is 5.65. The van der Waals surface area contributed by atoms with Crippen molar-refractivity contribution in [2.45, 2.75) is 38.8 Å². The lowest BCUT2D eigenvalue weighted by atomic mass is 10.2. The number of amides is 2. The summed E-state index contributed by atoms with van der Waals surface area (Å²) in [5.41, 5.74) is 0. The predicted octanol–water partition coefficient (Wildman–Crippen LogP) is 0.148. The van der Waals surface area contributed by atoms with Crippen LogP contribution in [0.5, 0.6) is 0 Å². The van der Waals surface area contributed by atoms with Gasteiger partial charge in [0.15, 0.2) is 0 Å². The fourth-order valence-corrected chi connectivity index (χ4v) is 1.84. The minimum absolute atomic E-state index is 0.00514. The molecular weight excluding hydrogens is 208 g/mol. The van der Waals surface area contributed by atoms with Crippen molar-refractivity contribution in [1.82, 2.24) is 10.2 Å². The Balaban J connectivity index is 2.62. The molecule has 0 aliphatic carbocycles. The van der Waals surface area contributed by atoms with Gasteiger partial charge >= 0.3 is 0 Å². The van der Waals surface area contributed by atoms with Crippen molar-refractivity contribution in [1.29, 1.82) is 0 Å². The number of nitrogens with zero attached hydrogens (tertiary/aromatic N) is 1. The number of ether oxygens (including phenoxy) is 1. The molecule has 1 aliphatic heterocycles. The van der Waals surface area contributed by atoms with E-state index in [9.17, 15) is 9.59 Å². The van der Waals surface area contributed by atoms with Crippen LogP contribution in [0.4, 0.5) is 0 Å². The van der Waals surface area contributed by atoms with Gasteiger partial charge in [0.2, 0.25) is 11.8 Å². The summed E-state index contributed by atoms with van der Waals surface area (Å²) in [4.78, 5) is 25.0. The topological polar surface area (TPSA) is 58.6 Å². The van der Waals surface area contributed by atoms with Crippen LogP contribution in [0.2, 0.25) is 0 Å². The lowest BCUT2D eigenvalue weighted by molar-refractivity contribution is -0.135. The highest BCUT2D eigenvalue weighted by Crippen LogP contribution is 2.10. The first-order valence-corrected chi connectivity index (χ1v) is 5.65. The lowest BCUT2D eigenvalue weighted by Crippen LogP contribution is -2.46. The van der Waals surface area contributed by atoms with E-state index in [4.69, 9.17) is 4.74 Å². The summed E-state index contributed by atoms with van der Waals surface area (Å²) in [6.45, 7) is 4.83. The molecule has 2 unspecified atom stereocenters. The van der Waals surface area contributed by atoms with E-state index in [1.54, 1.807) is 18.9 Å². The molecule has 5 heteroatoms. The van der Waals surface area contributed by atoms with Gasteiger partial charge in [0, 0.05) is 32.7 Å². The third-order valence-electron chi connectivity index (χ3n) is 2.88. The number of carbonyl (C=O) groups is 2. The molecule has 1 heterocycles. The second-order valence-corrected chi connectivity index (χ2v) is 4.20. The molecule has 0 bridgehead atoms. The Labute approximate surface area is 96.1 Å². The summed E-state index contributed by atoms with van der Waals surface area (Å²) in [7, 11) is 1.64. The van der Waals surface area contributed by atoms with Crippen LogP contribution in [0, 0.1) is 0 Å². The summed E-state index contributed by atoms with van der Waals surface area (Å²) < 4.78 is 5.00. The van der Waals surface area contributed by atoms with Crippen LogP contribution in [0.1, 0.15) is 26.7 Å². The zero-order valence-electron chi connectivity index (χ0n) is 10.2. The number of carbonyl (C=O) groups excluding carboxylic acids is 2. The number of hydrogen-bond donors (Lipinski definition) is 1. The highest BCUT2D eigenvalue weighted by Gasteiger charge is 2.29. The fourth-order valence-electron chi connectivity index (χ4n) is 1.84. The first kappa shape index (κ1) is 13.0. The van der Waals surface area contributed by atoms with Gasteiger partial charge in [-0.25, -0.2) is 0 Å². The Hall–Kier alpha value is -1.10. The maximum absolute atomic E-state index is 12.0. The Morgan fingerprint density at radius 2 is 2.25 bits per heavy atom. The first-order chi connectivity index (χ1) is 7.56. The monoisotopic (exact) mass is 228 g/mol. The molecule has 0 spiro atoms. The summed E-state index contributed by atoms with van der Waals surface area (Å²) >= 11 is 0. The van der Waals surface area contributed by atoms with Crippen molar-refractivity contribution in [3.05, 3.63) is 0 Å². The SMILES string of the molecule is COCCC(C)N1CCC(=O)NC(C)C1=O. The molecule has 0 radical (unpaired) electrons. The zero-order valence-corrected chi connectivity index (χ0v) is 10.2. The van der Waals surface area contributed by atoms with E-state index < -0.39 is 6.04 Å². The maximum Gasteiger partial charge on any atom is 0.245 e. The number of hydrogen-bond acceptors (Lipinski definition) is 3. The molecule has 0 aromatic carbocycles. The number of methoxy groups -OCH3 is 1. The Bertz CT molecular complexity index is 268. The molecular formula is C11H20N2O3. The van der Waals surface area contributed by atoms with Gasteiger partial charge in [0.1, 0.15) is 6.04 Å². The van der Waals surface area contributed by atoms with Gasteiger partial charge in [-0.3, -0.25) is 9.59 Å². The molecule has 0 aromatic heterocycles. The van der Waals surface area contributed by atoms with Crippen molar-refractivity contribution in [2.24, 2.45) is 0 Å². The van der Waals surface area contributed by atoms with Gasteiger partial charge in [-0.05, 0) is 20.3 Å². The Kier molecular flexibility index (Phi) is 4.73. The van der Waals surface area contributed by atoms with Crippen LogP contribution in [0.15, 0.2) is 0 Å². The van der Waals surface area contributed by atoms with E-state index in [2.05, 4.69) is 5.32 Å². The minimum atomic E-state index is -0.417. The van der Waals surface area contributed by atoms with Crippen LogP contribution >= 0.6 is 0 Å². The largest absolute Gasteiger partial charge is 0.385 e. The molecule has 0 saturated carbocycles. The normalized spacial score (nSPS) is 23.9. The number of rotatable bonds is 4. The van der Waals surface area contributed by atoms with Crippen molar-refractivity contribution < 1.29 is 14.3 Å². The predicted molar refractivity (Wildman–Crippen MR) is 59.9 cm³/mol. The Morgan fingerprint density at radius 1 is 1.56 bits per heavy atom. The third kappa shape index (κ3) is 3.20. The van der Waals surface area contributed by atoms with Crippen LogP contribution in [-0.2, 0) is 14.3 Å². The smallest absolute Gasteiger partial charge is 0.245 e. The minimum Gasteiger partial charge on any atom is -0.385 e. The van der Waals surface area contributed by atoms with Crippen LogP contribution in [-0.4, -0.2) is 49.1 Å². The molecule has 2 amide bonds. The average Bonchev–Trinajstić information content (AvgIpc) is 2.36. The third-order valence-corrected chi connectivity index (χ3v) is 2.88. The van der Waals surface area contributed by atoms with Crippen LogP contribution < -0.4 is 5.32 Å². The highest BCUT2D eigenvalue weighted by molar-refractivity contribution is 5.89. The van der Waals surface area contributed by atoms with E-state index in [-0.39, 0.29) is 17.9 Å². The zero-order chi connectivity index (χ0) is 12.1. The summed E-state index contributed by atoms with van der Waals surface area (Å²) in [6, 6.07) is -0.303. The van der Waals surface area contributed by atoms with Gasteiger partial charge in [-0.15, -0.1) is 0 Å². The molecule has 5 nitrogen and oxygen atoms in total. The Morgan fingerprint density at radius 3 is 2.88 bits per heavy atom. The van der Waals surface area contributed by atoms with Gasteiger partial charge in [0.05, 0.1) is 0 Å². The van der Waals surface area contributed by atoms with Gasteiger partial charge in [-0.1, -0.05) is 0 Å². The van der Waals surface area contributed by atoms with E-state index >= 15 is 0 Å². The second kappa shape index (κ2) is 5.84. The van der Waals surface area contributed by atoms with Gasteiger partial charge < -0.3 is 15.0 Å². The molecule has 16 heavy (non-hydrogen) atoms. The summed E-state index contributed by atoms with van der Waals surface area (Å²) in [5, 5.41) is 2.67. The molecule has 2 atom stereocenters. The molecule has 1 rings (SSSR count). The summed E-state index contributed by atoms with van der Waals surface area (Å²) in [5.74, 6) is -0.0586. The van der Waals surface area contributed by atoms with Crippen molar-refractivity contribution in [2.75, 3.05) is 20.3 Å². The molecule has 1 N–H and O–H groups in total. The lowest BCUT2D eigenvalue weighted by Gasteiger charge is -2.28. The van der Waals surface area contributed by atoms with E-state index in [0.717, 1.165) is 6.42 Å². The van der Waals surface area contributed by atoms with E-state index in [1.807, 2.05) is 6.92 Å². The van der Waals surface area contributed by atoms with Crippen molar-refractivity contribution >= 4 is 11.8 Å².